The van der Waals surface area contributed by atoms with E-state index in [1.54, 1.807) is 12.1 Å². The average Bonchev–Trinajstić information content (AvgIpc) is 3.23. The van der Waals surface area contributed by atoms with Gasteiger partial charge in [-0.1, -0.05) is 60.7 Å². The number of aromatic amines is 1. The van der Waals surface area contributed by atoms with Gasteiger partial charge in [-0.05, 0) is 34.9 Å². The van der Waals surface area contributed by atoms with Crippen molar-refractivity contribution in [1.29, 1.82) is 0 Å². The molecule has 5 nitrogen and oxygen atoms in total. The zero-order valence-corrected chi connectivity index (χ0v) is 17.4. The van der Waals surface area contributed by atoms with Gasteiger partial charge in [0.25, 0.3) is 5.91 Å². The molecular formula is C26H25N3O2. The van der Waals surface area contributed by atoms with Gasteiger partial charge in [-0.15, -0.1) is 0 Å². The number of fused-ring (bicyclic) bond motifs is 1. The van der Waals surface area contributed by atoms with E-state index < -0.39 is 0 Å². The van der Waals surface area contributed by atoms with Crippen molar-refractivity contribution in [3.8, 4) is 0 Å². The van der Waals surface area contributed by atoms with Crippen molar-refractivity contribution in [2.75, 3.05) is 6.54 Å². The van der Waals surface area contributed by atoms with Crippen molar-refractivity contribution < 1.29 is 9.59 Å². The molecule has 1 atom stereocenters. The summed E-state index contributed by atoms with van der Waals surface area (Å²) in [5.74, 6) is -0.168. The minimum atomic E-state index is -0.119. The third kappa shape index (κ3) is 4.83. The van der Waals surface area contributed by atoms with Gasteiger partial charge in [-0.25, -0.2) is 0 Å². The Morgan fingerprint density at radius 1 is 0.871 bits per heavy atom. The second-order valence-corrected chi connectivity index (χ2v) is 7.57. The number of carbonyl (C=O) groups excluding carboxylic acids is 2. The monoisotopic (exact) mass is 411 g/mol. The summed E-state index contributed by atoms with van der Waals surface area (Å²) in [5, 5.41) is 7.01. The summed E-state index contributed by atoms with van der Waals surface area (Å²) in [6, 6.07) is 25.7. The Morgan fingerprint density at radius 2 is 1.58 bits per heavy atom. The fraction of sp³-hybridized carbons (Fsp3) is 0.154. The largest absolute Gasteiger partial charge is 0.361 e. The lowest BCUT2D eigenvalue weighted by Crippen LogP contribution is -2.29. The number of nitrogens with one attached hydrogen (secondary N) is 3. The fourth-order valence-corrected chi connectivity index (χ4v) is 3.77. The van der Waals surface area contributed by atoms with Gasteiger partial charge < -0.3 is 15.6 Å². The van der Waals surface area contributed by atoms with Crippen LogP contribution in [0.3, 0.4) is 0 Å². The van der Waals surface area contributed by atoms with Gasteiger partial charge >= 0.3 is 0 Å². The van der Waals surface area contributed by atoms with Crippen molar-refractivity contribution >= 4 is 22.7 Å². The summed E-state index contributed by atoms with van der Waals surface area (Å²) >= 11 is 0. The maximum absolute atomic E-state index is 12.8. The molecule has 3 N–H and O–H groups in total. The highest BCUT2D eigenvalue weighted by molar-refractivity contribution is 5.94. The molecule has 156 valence electrons. The predicted molar refractivity (Wildman–Crippen MR) is 123 cm³/mol. The highest BCUT2D eigenvalue weighted by Gasteiger charge is 2.19. The van der Waals surface area contributed by atoms with Gasteiger partial charge in [0, 0.05) is 48.6 Å². The lowest BCUT2D eigenvalue weighted by molar-refractivity contribution is -0.119. The van der Waals surface area contributed by atoms with Crippen molar-refractivity contribution in [2.45, 2.75) is 19.4 Å². The lowest BCUT2D eigenvalue weighted by Gasteiger charge is -2.18. The van der Waals surface area contributed by atoms with E-state index in [0.717, 1.165) is 27.6 Å². The second kappa shape index (κ2) is 9.30. The molecule has 1 aromatic heterocycles. The molecule has 4 rings (SSSR count). The number of hydrogen-bond acceptors (Lipinski definition) is 2. The Kier molecular flexibility index (Phi) is 6.13. The summed E-state index contributed by atoms with van der Waals surface area (Å²) in [6.45, 7) is 2.42. The molecule has 0 radical (unpaired) electrons. The Labute approximate surface area is 181 Å². The number of benzene rings is 3. The van der Waals surface area contributed by atoms with Gasteiger partial charge in [-0.3, -0.25) is 9.59 Å². The van der Waals surface area contributed by atoms with Crippen LogP contribution in [0.1, 0.15) is 39.9 Å². The zero-order valence-electron chi connectivity index (χ0n) is 17.4. The molecule has 1 unspecified atom stereocenters. The van der Waals surface area contributed by atoms with Crippen LogP contribution in [0, 0.1) is 0 Å². The molecule has 2 amide bonds. The van der Waals surface area contributed by atoms with Crippen LogP contribution in [0.15, 0.2) is 85.1 Å². The first kappa shape index (κ1) is 20.4. The van der Waals surface area contributed by atoms with Crippen LogP contribution < -0.4 is 10.6 Å². The summed E-state index contributed by atoms with van der Waals surface area (Å²) in [4.78, 5) is 27.2. The molecule has 0 fully saturated rings. The molecule has 31 heavy (non-hydrogen) atoms. The van der Waals surface area contributed by atoms with Crippen LogP contribution >= 0.6 is 0 Å². The number of rotatable bonds is 7. The fourth-order valence-electron chi connectivity index (χ4n) is 3.77. The maximum Gasteiger partial charge on any atom is 0.251 e. The average molecular weight is 412 g/mol. The highest BCUT2D eigenvalue weighted by atomic mass is 16.2. The van der Waals surface area contributed by atoms with E-state index in [0.29, 0.717) is 18.7 Å². The molecule has 0 aliphatic heterocycles. The Balaban J connectivity index is 1.52. The normalized spacial score (nSPS) is 11.8. The zero-order chi connectivity index (χ0) is 21.6. The standard InChI is InChI=1S/C26H25N3O2/c1-18(30)27-15-19-11-13-21(14-12-19)26(31)29-16-23(20-7-3-2-4-8-20)24-17-28-25-10-6-5-9-22(24)25/h2-14,17,23,28H,15-16H2,1H3,(H,27,30)(H,29,31). The molecule has 4 aromatic rings. The van der Waals surface area contributed by atoms with Crippen molar-refractivity contribution in [3.63, 3.8) is 0 Å². The molecule has 0 saturated carbocycles. The lowest BCUT2D eigenvalue weighted by atomic mass is 9.91. The minimum Gasteiger partial charge on any atom is -0.361 e. The van der Waals surface area contributed by atoms with E-state index in [4.69, 9.17) is 0 Å². The SMILES string of the molecule is CC(=O)NCc1ccc(C(=O)NCC(c2ccccc2)c2c[nH]c3ccccc23)cc1. The second-order valence-electron chi connectivity index (χ2n) is 7.57. The number of carbonyl (C=O) groups is 2. The van der Waals surface area contributed by atoms with E-state index >= 15 is 0 Å². The van der Waals surface area contributed by atoms with Crippen LogP contribution in [-0.4, -0.2) is 23.3 Å². The van der Waals surface area contributed by atoms with Crippen LogP contribution in [0.25, 0.3) is 10.9 Å². The summed E-state index contributed by atoms with van der Waals surface area (Å²) in [6.07, 6.45) is 2.03. The first-order chi connectivity index (χ1) is 15.1. The first-order valence-electron chi connectivity index (χ1n) is 10.3. The van der Waals surface area contributed by atoms with Gasteiger partial charge in [0.2, 0.25) is 5.91 Å². The van der Waals surface area contributed by atoms with Gasteiger partial charge in [0.05, 0.1) is 0 Å². The van der Waals surface area contributed by atoms with Crippen molar-refractivity contribution in [1.82, 2.24) is 15.6 Å². The van der Waals surface area contributed by atoms with Crippen molar-refractivity contribution in [2.24, 2.45) is 0 Å². The molecule has 0 spiro atoms. The smallest absolute Gasteiger partial charge is 0.251 e. The first-order valence-corrected chi connectivity index (χ1v) is 10.3. The van der Waals surface area contributed by atoms with Crippen LogP contribution in [0.2, 0.25) is 0 Å². The summed E-state index contributed by atoms with van der Waals surface area (Å²) < 4.78 is 0. The Morgan fingerprint density at radius 3 is 2.32 bits per heavy atom. The third-order valence-corrected chi connectivity index (χ3v) is 5.42. The van der Waals surface area contributed by atoms with Gasteiger partial charge in [0.1, 0.15) is 0 Å². The molecular weight excluding hydrogens is 386 g/mol. The number of aromatic nitrogens is 1. The molecule has 5 heteroatoms. The maximum atomic E-state index is 12.8. The summed E-state index contributed by atoms with van der Waals surface area (Å²) in [5.41, 5.74) is 4.94. The predicted octanol–water partition coefficient (Wildman–Crippen LogP) is 4.37. The van der Waals surface area contributed by atoms with Crippen LogP contribution in [0.5, 0.6) is 0 Å². The van der Waals surface area contributed by atoms with Crippen molar-refractivity contribution in [3.05, 3.63) is 107 Å². The minimum absolute atomic E-state index is 0.0281. The molecule has 3 aromatic carbocycles. The van der Waals surface area contributed by atoms with E-state index in [1.807, 2.05) is 48.7 Å². The van der Waals surface area contributed by atoms with Gasteiger partial charge in [0.15, 0.2) is 0 Å². The topological polar surface area (TPSA) is 74.0 Å². The summed E-state index contributed by atoms with van der Waals surface area (Å²) in [7, 11) is 0. The van der Waals surface area contributed by atoms with Crippen LogP contribution in [0.4, 0.5) is 0 Å². The van der Waals surface area contributed by atoms with E-state index in [-0.39, 0.29) is 17.7 Å². The quantitative estimate of drug-likeness (QED) is 0.423. The molecule has 0 saturated heterocycles. The number of amides is 2. The van der Waals surface area contributed by atoms with Crippen LogP contribution in [-0.2, 0) is 11.3 Å². The van der Waals surface area contributed by atoms with E-state index in [9.17, 15) is 9.59 Å². The Bertz CT molecular complexity index is 1180. The number of H-pyrrole nitrogens is 1. The number of para-hydroxylation sites is 1. The molecule has 0 bridgehead atoms. The molecule has 1 heterocycles. The van der Waals surface area contributed by atoms with E-state index in [2.05, 4.69) is 39.9 Å². The van der Waals surface area contributed by atoms with E-state index in [1.165, 1.54) is 6.92 Å². The third-order valence-electron chi connectivity index (χ3n) is 5.42. The van der Waals surface area contributed by atoms with Gasteiger partial charge in [-0.2, -0.15) is 0 Å². The molecule has 0 aliphatic carbocycles. The Hall–Kier alpha value is -3.86. The molecule has 0 aliphatic rings. The highest BCUT2D eigenvalue weighted by Crippen LogP contribution is 2.30. The number of hydrogen-bond donors (Lipinski definition) is 3.